The van der Waals surface area contributed by atoms with Crippen molar-refractivity contribution in [2.75, 3.05) is 23.7 Å². The minimum absolute atomic E-state index is 0.00979. The van der Waals surface area contributed by atoms with Crippen molar-refractivity contribution in [3.05, 3.63) is 0 Å². The second-order valence-electron chi connectivity index (χ2n) is 5.92. The van der Waals surface area contributed by atoms with Gasteiger partial charge in [-0.25, -0.2) is 0 Å². The van der Waals surface area contributed by atoms with Gasteiger partial charge in [-0.1, -0.05) is 0 Å². The molecule has 3 N–H and O–H groups in total. The molecule has 0 aromatic carbocycles. The lowest BCUT2D eigenvalue weighted by molar-refractivity contribution is 0.133. The molecule has 2 aliphatic rings. The van der Waals surface area contributed by atoms with Crippen LogP contribution in [0.1, 0.15) is 26.7 Å². The maximum Gasteiger partial charge on any atom is 0.323 e. The fraction of sp³-hybridized carbons (Fsp3) is 0.769. The van der Waals surface area contributed by atoms with E-state index in [-0.39, 0.29) is 24.2 Å². The lowest BCUT2D eigenvalue weighted by Gasteiger charge is -2.19. The highest BCUT2D eigenvalue weighted by atomic mass is 16.5. The zero-order chi connectivity index (χ0) is 14.3. The van der Waals surface area contributed by atoms with E-state index >= 15 is 0 Å². The topological polar surface area (TPSA) is 97.4 Å². The zero-order valence-corrected chi connectivity index (χ0v) is 11.9. The molecule has 0 amide bonds. The zero-order valence-electron chi connectivity index (χ0n) is 11.9. The highest BCUT2D eigenvalue weighted by Crippen LogP contribution is 2.39. The van der Waals surface area contributed by atoms with Gasteiger partial charge in [0.25, 0.3) is 0 Å². The van der Waals surface area contributed by atoms with E-state index in [1.165, 1.54) is 0 Å². The van der Waals surface area contributed by atoms with Crippen LogP contribution in [-0.4, -0.2) is 45.4 Å². The smallest absolute Gasteiger partial charge is 0.323 e. The van der Waals surface area contributed by atoms with Crippen molar-refractivity contribution in [2.24, 2.45) is 11.8 Å². The van der Waals surface area contributed by atoms with Gasteiger partial charge in [0.05, 0.1) is 12.2 Å². The van der Waals surface area contributed by atoms with Crippen molar-refractivity contribution in [3.63, 3.8) is 0 Å². The van der Waals surface area contributed by atoms with Crippen LogP contribution in [0.2, 0.25) is 0 Å². The Balaban J connectivity index is 1.79. The number of nitrogens with two attached hydrogens (primary N) is 1. The monoisotopic (exact) mass is 279 g/mol. The van der Waals surface area contributed by atoms with Gasteiger partial charge >= 0.3 is 6.01 Å². The first-order chi connectivity index (χ1) is 9.52. The molecule has 1 saturated carbocycles. The van der Waals surface area contributed by atoms with E-state index in [1.807, 2.05) is 13.8 Å². The molecular weight excluding hydrogens is 258 g/mol. The van der Waals surface area contributed by atoms with Crippen LogP contribution >= 0.6 is 0 Å². The summed E-state index contributed by atoms with van der Waals surface area (Å²) in [6.45, 7) is 5.47. The predicted molar refractivity (Wildman–Crippen MR) is 74.4 cm³/mol. The summed E-state index contributed by atoms with van der Waals surface area (Å²) in [4.78, 5) is 14.6. The van der Waals surface area contributed by atoms with Crippen LogP contribution in [0.4, 0.5) is 11.9 Å². The summed E-state index contributed by atoms with van der Waals surface area (Å²) in [5, 5.41) is 9.96. The first kappa shape index (κ1) is 13.4. The highest BCUT2D eigenvalue weighted by molar-refractivity contribution is 5.38. The number of hydrogen-bond donors (Lipinski definition) is 2. The molecule has 0 spiro atoms. The van der Waals surface area contributed by atoms with E-state index in [9.17, 15) is 5.11 Å². The fourth-order valence-electron chi connectivity index (χ4n) is 3.17. The van der Waals surface area contributed by atoms with Gasteiger partial charge in [-0.2, -0.15) is 15.0 Å². The summed E-state index contributed by atoms with van der Waals surface area (Å²) in [7, 11) is 0. The molecule has 0 bridgehead atoms. The second kappa shape index (κ2) is 5.05. The van der Waals surface area contributed by atoms with Gasteiger partial charge in [-0.05, 0) is 32.6 Å². The summed E-state index contributed by atoms with van der Waals surface area (Å²) in [5.74, 6) is 1.57. The third kappa shape index (κ3) is 2.49. The van der Waals surface area contributed by atoms with Crippen molar-refractivity contribution < 1.29 is 9.84 Å². The minimum atomic E-state index is -0.199. The summed E-state index contributed by atoms with van der Waals surface area (Å²) < 4.78 is 5.49. The van der Waals surface area contributed by atoms with Crippen LogP contribution in [0.25, 0.3) is 0 Å². The molecule has 110 valence electrons. The number of hydrogen-bond acceptors (Lipinski definition) is 7. The van der Waals surface area contributed by atoms with Gasteiger partial charge in [0.15, 0.2) is 0 Å². The predicted octanol–water partition coefficient (Wildman–Crippen LogP) is 0.448. The Morgan fingerprint density at radius 2 is 2.05 bits per heavy atom. The van der Waals surface area contributed by atoms with Crippen LogP contribution < -0.4 is 15.4 Å². The van der Waals surface area contributed by atoms with E-state index in [0.717, 1.165) is 25.9 Å². The van der Waals surface area contributed by atoms with E-state index < -0.39 is 0 Å². The number of anilines is 2. The summed E-state index contributed by atoms with van der Waals surface area (Å²) >= 11 is 0. The van der Waals surface area contributed by atoms with Gasteiger partial charge in [-0.15, -0.1) is 0 Å². The first-order valence-electron chi connectivity index (χ1n) is 7.14. The molecule has 3 unspecified atom stereocenters. The first-order valence-corrected chi connectivity index (χ1v) is 7.14. The van der Waals surface area contributed by atoms with E-state index in [2.05, 4.69) is 19.9 Å². The average molecular weight is 279 g/mol. The van der Waals surface area contributed by atoms with Crippen molar-refractivity contribution >= 4 is 11.9 Å². The molecule has 1 aliphatic carbocycles. The molecular formula is C13H21N5O2. The molecule has 2 heterocycles. The number of rotatable bonds is 3. The summed E-state index contributed by atoms with van der Waals surface area (Å²) in [5.41, 5.74) is 5.73. The second-order valence-corrected chi connectivity index (χ2v) is 5.92. The van der Waals surface area contributed by atoms with E-state index in [1.54, 1.807) is 0 Å². The quantitative estimate of drug-likeness (QED) is 0.829. The lowest BCUT2D eigenvalue weighted by atomic mass is 10.00. The van der Waals surface area contributed by atoms with Gasteiger partial charge in [0, 0.05) is 19.0 Å². The van der Waals surface area contributed by atoms with Crippen molar-refractivity contribution in [2.45, 2.75) is 38.9 Å². The fourth-order valence-corrected chi connectivity index (χ4v) is 3.17. The summed E-state index contributed by atoms with van der Waals surface area (Å²) in [6, 6.07) is 0.264. The molecule has 1 aromatic rings. The SMILES string of the molecule is CC(C)Oc1nc(N)nc(N2CC3CCC(O)C3C2)n1. The average Bonchev–Trinajstić information content (AvgIpc) is 2.90. The number of ether oxygens (including phenoxy) is 1. The molecule has 7 heteroatoms. The molecule has 2 fully saturated rings. The molecule has 1 aliphatic heterocycles. The Bertz CT molecular complexity index is 496. The van der Waals surface area contributed by atoms with Gasteiger partial charge in [-0.3, -0.25) is 0 Å². The van der Waals surface area contributed by atoms with Crippen LogP contribution in [-0.2, 0) is 0 Å². The molecule has 20 heavy (non-hydrogen) atoms. The molecule has 3 rings (SSSR count). The number of nitrogens with zero attached hydrogens (tertiary/aromatic N) is 4. The standard InChI is InChI=1S/C13H21N5O2/c1-7(2)20-13-16-11(14)15-12(17-13)18-5-8-3-4-10(19)9(8)6-18/h7-10,19H,3-6H2,1-2H3,(H2,14,15,16,17). The number of nitrogen functional groups attached to an aromatic ring is 1. The molecule has 0 radical (unpaired) electrons. The normalized spacial score (nSPS) is 29.0. The Morgan fingerprint density at radius 1 is 1.25 bits per heavy atom. The number of fused-ring (bicyclic) bond motifs is 1. The van der Waals surface area contributed by atoms with Crippen LogP contribution in [0.15, 0.2) is 0 Å². The van der Waals surface area contributed by atoms with Crippen LogP contribution in [0.5, 0.6) is 6.01 Å². The Hall–Kier alpha value is -1.63. The number of aliphatic hydroxyl groups is 1. The maximum absolute atomic E-state index is 9.96. The van der Waals surface area contributed by atoms with Crippen LogP contribution in [0, 0.1) is 11.8 Å². The van der Waals surface area contributed by atoms with Crippen LogP contribution in [0.3, 0.4) is 0 Å². The Labute approximate surface area is 118 Å². The van der Waals surface area contributed by atoms with Gasteiger partial charge < -0.3 is 20.5 Å². The summed E-state index contributed by atoms with van der Waals surface area (Å²) in [6.07, 6.45) is 1.77. The van der Waals surface area contributed by atoms with Gasteiger partial charge in [0.2, 0.25) is 11.9 Å². The van der Waals surface area contributed by atoms with E-state index in [4.69, 9.17) is 10.5 Å². The van der Waals surface area contributed by atoms with Crippen molar-refractivity contribution in [1.82, 2.24) is 15.0 Å². The Morgan fingerprint density at radius 3 is 2.75 bits per heavy atom. The third-order valence-corrected chi connectivity index (χ3v) is 4.06. The highest BCUT2D eigenvalue weighted by Gasteiger charge is 2.42. The molecule has 1 saturated heterocycles. The third-order valence-electron chi connectivity index (χ3n) is 4.06. The number of aliphatic hydroxyl groups excluding tert-OH is 1. The molecule has 7 nitrogen and oxygen atoms in total. The van der Waals surface area contributed by atoms with Crippen molar-refractivity contribution in [3.8, 4) is 6.01 Å². The van der Waals surface area contributed by atoms with E-state index in [0.29, 0.717) is 17.8 Å². The molecule has 3 atom stereocenters. The largest absolute Gasteiger partial charge is 0.461 e. The lowest BCUT2D eigenvalue weighted by Crippen LogP contribution is -2.26. The van der Waals surface area contributed by atoms with Gasteiger partial charge in [0.1, 0.15) is 0 Å². The number of aromatic nitrogens is 3. The Kier molecular flexibility index (Phi) is 3.37. The molecule has 1 aromatic heterocycles. The minimum Gasteiger partial charge on any atom is -0.461 e. The van der Waals surface area contributed by atoms with Crippen molar-refractivity contribution in [1.29, 1.82) is 0 Å². The maximum atomic E-state index is 9.96.